The monoisotopic (exact) mass is 693 g/mol. The highest BCUT2D eigenvalue weighted by Crippen LogP contribution is 2.54. The third-order valence-electron chi connectivity index (χ3n) is 12.4. The summed E-state index contributed by atoms with van der Waals surface area (Å²) in [4.78, 5) is 2.56. The third kappa shape index (κ3) is 4.78. The Balaban J connectivity index is 1.28. The summed E-state index contributed by atoms with van der Waals surface area (Å²) < 4.78 is 0. The van der Waals surface area contributed by atoms with E-state index in [2.05, 4.69) is 209 Å². The Hall–Kier alpha value is -6.18. The summed E-state index contributed by atoms with van der Waals surface area (Å²) in [7, 11) is 0. The smallest absolute Gasteiger partial charge is 0.0569 e. The van der Waals surface area contributed by atoms with Crippen LogP contribution in [0.3, 0.4) is 0 Å². The van der Waals surface area contributed by atoms with Crippen LogP contribution in [0.1, 0.15) is 55.5 Å². The number of anilines is 3. The SMILES string of the molecule is Cc1cc(-c2ccccc2)cc(-c2cccc3ccccc23)c1N(c1ccc2c(c1)C(C)(C)c1ccccc1-2)c1ccc2c(c1)C(C)(C)c1ccccc1-2. The molecule has 0 amide bonds. The molecular formula is C53H43N. The Morgan fingerprint density at radius 3 is 1.50 bits per heavy atom. The normalized spacial score (nSPS) is 14.3. The molecule has 0 N–H and O–H groups in total. The molecule has 0 bridgehead atoms. The van der Waals surface area contributed by atoms with Gasteiger partial charge in [0.15, 0.2) is 0 Å². The summed E-state index contributed by atoms with van der Waals surface area (Å²) >= 11 is 0. The fourth-order valence-electron chi connectivity index (χ4n) is 9.61. The number of nitrogens with zero attached hydrogens (tertiary/aromatic N) is 1. The third-order valence-corrected chi connectivity index (χ3v) is 12.4. The van der Waals surface area contributed by atoms with Gasteiger partial charge < -0.3 is 4.90 Å². The van der Waals surface area contributed by atoms with Gasteiger partial charge in [0.05, 0.1) is 5.69 Å². The highest BCUT2D eigenvalue weighted by Gasteiger charge is 2.38. The van der Waals surface area contributed by atoms with Crippen LogP contribution in [0.2, 0.25) is 0 Å². The zero-order valence-electron chi connectivity index (χ0n) is 31.6. The molecule has 2 aliphatic carbocycles. The van der Waals surface area contributed by atoms with E-state index >= 15 is 0 Å². The molecule has 0 fully saturated rings. The predicted molar refractivity (Wildman–Crippen MR) is 229 cm³/mol. The van der Waals surface area contributed by atoms with Gasteiger partial charge in [-0.05, 0) is 121 Å². The van der Waals surface area contributed by atoms with Gasteiger partial charge in [0.2, 0.25) is 0 Å². The number of fused-ring (bicyclic) bond motifs is 7. The molecule has 260 valence electrons. The van der Waals surface area contributed by atoms with Crippen molar-refractivity contribution in [2.24, 2.45) is 0 Å². The van der Waals surface area contributed by atoms with E-state index in [1.54, 1.807) is 0 Å². The molecule has 0 spiro atoms. The molecule has 0 heterocycles. The van der Waals surface area contributed by atoms with E-state index in [-0.39, 0.29) is 10.8 Å². The molecule has 2 aliphatic rings. The second kappa shape index (κ2) is 11.9. The number of benzene rings is 8. The average Bonchev–Trinajstić information content (AvgIpc) is 3.57. The summed E-state index contributed by atoms with van der Waals surface area (Å²) in [6.45, 7) is 11.8. The van der Waals surface area contributed by atoms with Crippen molar-refractivity contribution in [2.75, 3.05) is 4.90 Å². The molecule has 0 saturated heterocycles. The van der Waals surface area contributed by atoms with Gasteiger partial charge in [-0.2, -0.15) is 0 Å². The maximum atomic E-state index is 2.56. The van der Waals surface area contributed by atoms with Crippen LogP contribution in [0.4, 0.5) is 17.1 Å². The topological polar surface area (TPSA) is 3.24 Å². The van der Waals surface area contributed by atoms with Crippen molar-refractivity contribution in [1.29, 1.82) is 0 Å². The van der Waals surface area contributed by atoms with Gasteiger partial charge in [-0.3, -0.25) is 0 Å². The predicted octanol–water partition coefficient (Wildman–Crippen LogP) is 14.6. The van der Waals surface area contributed by atoms with Crippen molar-refractivity contribution >= 4 is 27.8 Å². The largest absolute Gasteiger partial charge is 0.310 e. The lowest BCUT2D eigenvalue weighted by Gasteiger charge is -2.33. The van der Waals surface area contributed by atoms with Gasteiger partial charge in [-0.25, -0.2) is 0 Å². The van der Waals surface area contributed by atoms with Gasteiger partial charge >= 0.3 is 0 Å². The van der Waals surface area contributed by atoms with Gasteiger partial charge in [0, 0.05) is 27.8 Å². The van der Waals surface area contributed by atoms with Crippen LogP contribution in [0, 0.1) is 6.92 Å². The standard InChI is InChI=1S/C53H43N/c1-34-30-37(35-16-7-6-8-17-35)31-46(41-23-15-19-36-18-9-10-20-40(36)41)51(34)54(38-26-28-44-42-21-11-13-24-47(42)52(2,3)49(44)32-38)39-27-29-45-43-22-12-14-25-48(43)53(4,5)50(45)33-39/h6-33H,1-5H3. The van der Waals surface area contributed by atoms with Crippen molar-refractivity contribution in [1.82, 2.24) is 0 Å². The molecule has 1 nitrogen and oxygen atoms in total. The summed E-state index contributed by atoms with van der Waals surface area (Å²) in [5.41, 5.74) is 20.2. The van der Waals surface area contributed by atoms with Gasteiger partial charge in [0.25, 0.3) is 0 Å². The molecule has 0 radical (unpaired) electrons. The Bertz CT molecular complexity index is 2670. The highest BCUT2D eigenvalue weighted by atomic mass is 15.1. The molecule has 0 unspecified atom stereocenters. The zero-order chi connectivity index (χ0) is 36.8. The summed E-state index contributed by atoms with van der Waals surface area (Å²) in [5.74, 6) is 0. The van der Waals surface area contributed by atoms with Gasteiger partial charge in [0.1, 0.15) is 0 Å². The lowest BCUT2D eigenvalue weighted by Crippen LogP contribution is -2.18. The summed E-state index contributed by atoms with van der Waals surface area (Å²) in [6.07, 6.45) is 0. The first-order valence-electron chi connectivity index (χ1n) is 19.2. The number of hydrogen-bond acceptors (Lipinski definition) is 1. The van der Waals surface area contributed by atoms with E-state index in [4.69, 9.17) is 0 Å². The Morgan fingerprint density at radius 1 is 0.370 bits per heavy atom. The van der Waals surface area contributed by atoms with Crippen LogP contribution >= 0.6 is 0 Å². The first-order chi connectivity index (χ1) is 26.2. The lowest BCUT2D eigenvalue weighted by molar-refractivity contribution is 0.660. The first kappa shape index (κ1) is 32.5. The van der Waals surface area contributed by atoms with Crippen LogP contribution in [-0.2, 0) is 10.8 Å². The number of hydrogen-bond donors (Lipinski definition) is 0. The molecule has 0 atom stereocenters. The first-order valence-corrected chi connectivity index (χ1v) is 19.2. The maximum absolute atomic E-state index is 2.56. The second-order valence-corrected chi connectivity index (χ2v) is 16.2. The van der Waals surface area contributed by atoms with Crippen LogP contribution < -0.4 is 4.90 Å². The summed E-state index contributed by atoms with van der Waals surface area (Å²) in [6, 6.07) is 63.4. The minimum Gasteiger partial charge on any atom is -0.310 e. The minimum absolute atomic E-state index is 0.125. The van der Waals surface area contributed by atoms with Crippen molar-refractivity contribution in [2.45, 2.75) is 45.4 Å². The lowest BCUT2D eigenvalue weighted by atomic mass is 9.82. The molecular weight excluding hydrogens is 651 g/mol. The van der Waals surface area contributed by atoms with E-state index in [0.29, 0.717) is 0 Å². The Morgan fingerprint density at radius 2 is 0.870 bits per heavy atom. The fourth-order valence-corrected chi connectivity index (χ4v) is 9.61. The molecule has 8 aromatic rings. The fraction of sp³-hybridized carbons (Fsp3) is 0.132. The Kier molecular flexibility index (Phi) is 7.17. The van der Waals surface area contributed by atoms with E-state index in [9.17, 15) is 0 Å². The quantitative estimate of drug-likeness (QED) is 0.173. The molecule has 0 aromatic heterocycles. The molecule has 54 heavy (non-hydrogen) atoms. The summed E-state index contributed by atoms with van der Waals surface area (Å²) in [5, 5.41) is 2.49. The van der Waals surface area contributed by atoms with Crippen molar-refractivity contribution in [3.63, 3.8) is 0 Å². The molecule has 0 aliphatic heterocycles. The maximum Gasteiger partial charge on any atom is 0.0569 e. The van der Waals surface area contributed by atoms with E-state index in [1.165, 1.54) is 100 Å². The molecule has 8 aromatic carbocycles. The van der Waals surface area contributed by atoms with E-state index < -0.39 is 0 Å². The van der Waals surface area contributed by atoms with E-state index in [1.807, 2.05) is 0 Å². The van der Waals surface area contributed by atoms with Crippen molar-refractivity contribution < 1.29 is 0 Å². The average molecular weight is 694 g/mol. The number of rotatable bonds is 5. The zero-order valence-corrected chi connectivity index (χ0v) is 31.6. The molecule has 10 rings (SSSR count). The second-order valence-electron chi connectivity index (χ2n) is 16.2. The number of aryl methyl sites for hydroxylation is 1. The van der Waals surface area contributed by atoms with E-state index in [0.717, 1.165) is 0 Å². The van der Waals surface area contributed by atoms with Gasteiger partial charge in [-0.15, -0.1) is 0 Å². The van der Waals surface area contributed by atoms with Crippen molar-refractivity contribution in [3.05, 3.63) is 198 Å². The van der Waals surface area contributed by atoms with Crippen LogP contribution in [-0.4, -0.2) is 0 Å². The van der Waals surface area contributed by atoms with Crippen LogP contribution in [0.5, 0.6) is 0 Å². The molecule has 0 saturated carbocycles. The van der Waals surface area contributed by atoms with Crippen molar-refractivity contribution in [3.8, 4) is 44.5 Å². The van der Waals surface area contributed by atoms with Gasteiger partial charge in [-0.1, -0.05) is 161 Å². The van der Waals surface area contributed by atoms with Crippen LogP contribution in [0.15, 0.2) is 170 Å². The molecule has 1 heteroatoms. The van der Waals surface area contributed by atoms with Crippen LogP contribution in [0.25, 0.3) is 55.3 Å². The Labute approximate surface area is 319 Å². The minimum atomic E-state index is -0.125. The highest BCUT2D eigenvalue weighted by molar-refractivity contribution is 6.03.